The number of carbonyl (C=O) groups is 2. The summed E-state index contributed by atoms with van der Waals surface area (Å²) in [5.74, 6) is 0.0371. The summed E-state index contributed by atoms with van der Waals surface area (Å²) < 4.78 is 0. The quantitative estimate of drug-likeness (QED) is 0.789. The lowest BCUT2D eigenvalue weighted by Crippen LogP contribution is -2.48. The smallest absolute Gasteiger partial charge is 0.253 e. The molecule has 2 heterocycles. The van der Waals surface area contributed by atoms with E-state index in [-0.39, 0.29) is 11.9 Å². The second-order valence-electron chi connectivity index (χ2n) is 8.42. The molecule has 1 amide bonds. The minimum absolute atomic E-state index is 0.0371. The van der Waals surface area contributed by atoms with E-state index in [2.05, 4.69) is 36.9 Å². The molecule has 0 saturated carbocycles. The van der Waals surface area contributed by atoms with Gasteiger partial charge in [0.05, 0.1) is 12.1 Å². The first-order valence-electron chi connectivity index (χ1n) is 10.6. The first-order valence-corrected chi connectivity index (χ1v) is 10.6. The monoisotopic (exact) mass is 407 g/mol. The Bertz CT molecular complexity index is 900. The summed E-state index contributed by atoms with van der Waals surface area (Å²) in [6.07, 6.45) is 0.842. The second kappa shape index (κ2) is 8.48. The molecule has 6 heteroatoms. The number of hydrogen-bond donors (Lipinski definition) is 1. The molecule has 0 spiro atoms. The van der Waals surface area contributed by atoms with Gasteiger partial charge in [-0.1, -0.05) is 6.07 Å². The van der Waals surface area contributed by atoms with E-state index in [0.29, 0.717) is 31.6 Å². The molecule has 2 aliphatic rings. The molecule has 0 bridgehead atoms. The number of carbonyl (C=O) groups excluding carboxylic acids is 2. The lowest BCUT2D eigenvalue weighted by molar-refractivity contribution is -0.108. The van der Waals surface area contributed by atoms with Gasteiger partial charge in [-0.25, -0.2) is 0 Å². The predicted octanol–water partition coefficient (Wildman–Crippen LogP) is 2.40. The SMILES string of the molecule is Cc1cc(C)cc(N2CCN(C(=O)c3ccc(N4CC(O)CC4C=O)cc3)CC2)c1. The molecule has 2 fully saturated rings. The van der Waals surface area contributed by atoms with Gasteiger partial charge in [-0.3, -0.25) is 4.79 Å². The maximum absolute atomic E-state index is 13.0. The zero-order chi connectivity index (χ0) is 21.3. The van der Waals surface area contributed by atoms with Crippen molar-refractivity contribution in [1.29, 1.82) is 0 Å². The maximum Gasteiger partial charge on any atom is 0.253 e. The van der Waals surface area contributed by atoms with Gasteiger partial charge in [0.15, 0.2) is 0 Å². The molecular formula is C24H29N3O3. The summed E-state index contributed by atoms with van der Waals surface area (Å²) >= 11 is 0. The normalized spacial score (nSPS) is 21.8. The number of hydrogen-bond acceptors (Lipinski definition) is 5. The van der Waals surface area contributed by atoms with E-state index < -0.39 is 6.10 Å². The van der Waals surface area contributed by atoms with E-state index in [4.69, 9.17) is 0 Å². The van der Waals surface area contributed by atoms with E-state index in [1.54, 1.807) is 0 Å². The number of piperazine rings is 1. The third-order valence-corrected chi connectivity index (χ3v) is 6.06. The molecule has 2 aromatic rings. The summed E-state index contributed by atoms with van der Waals surface area (Å²) in [6.45, 7) is 7.69. The van der Waals surface area contributed by atoms with Crippen molar-refractivity contribution in [3.8, 4) is 0 Å². The first-order chi connectivity index (χ1) is 14.4. The Hall–Kier alpha value is -2.86. The fourth-order valence-corrected chi connectivity index (χ4v) is 4.55. The number of aliphatic hydroxyl groups is 1. The number of amides is 1. The number of aldehydes is 1. The van der Waals surface area contributed by atoms with Crippen LogP contribution in [0.3, 0.4) is 0 Å². The van der Waals surface area contributed by atoms with Gasteiger partial charge in [0.2, 0.25) is 0 Å². The van der Waals surface area contributed by atoms with Crippen molar-refractivity contribution in [1.82, 2.24) is 4.90 Å². The lowest BCUT2D eigenvalue weighted by Gasteiger charge is -2.36. The molecule has 30 heavy (non-hydrogen) atoms. The van der Waals surface area contributed by atoms with Crippen LogP contribution in [0.5, 0.6) is 0 Å². The minimum Gasteiger partial charge on any atom is -0.391 e. The highest BCUT2D eigenvalue weighted by Gasteiger charge is 2.31. The number of nitrogens with zero attached hydrogens (tertiary/aromatic N) is 3. The number of benzene rings is 2. The summed E-state index contributed by atoms with van der Waals surface area (Å²) in [5, 5.41) is 9.84. The molecule has 2 aliphatic heterocycles. The topological polar surface area (TPSA) is 64.1 Å². The van der Waals surface area contributed by atoms with Gasteiger partial charge < -0.3 is 24.6 Å². The fourth-order valence-electron chi connectivity index (χ4n) is 4.55. The summed E-state index contributed by atoms with van der Waals surface area (Å²) in [7, 11) is 0. The van der Waals surface area contributed by atoms with E-state index >= 15 is 0 Å². The van der Waals surface area contributed by atoms with E-state index in [9.17, 15) is 14.7 Å². The van der Waals surface area contributed by atoms with Crippen molar-refractivity contribution in [3.05, 3.63) is 59.2 Å². The Morgan fingerprint density at radius 3 is 2.20 bits per heavy atom. The molecule has 6 nitrogen and oxygen atoms in total. The van der Waals surface area contributed by atoms with Crippen LogP contribution < -0.4 is 9.80 Å². The van der Waals surface area contributed by atoms with Crippen LogP contribution in [-0.2, 0) is 4.79 Å². The fraction of sp³-hybridized carbons (Fsp3) is 0.417. The van der Waals surface area contributed by atoms with Gasteiger partial charge in [-0.15, -0.1) is 0 Å². The Balaban J connectivity index is 1.39. The summed E-state index contributed by atoms with van der Waals surface area (Å²) in [6, 6.07) is 13.6. The van der Waals surface area contributed by atoms with Crippen molar-refractivity contribution in [2.75, 3.05) is 42.5 Å². The molecule has 0 radical (unpaired) electrons. The molecule has 1 N–H and O–H groups in total. The van der Waals surface area contributed by atoms with Crippen molar-refractivity contribution >= 4 is 23.6 Å². The van der Waals surface area contributed by atoms with E-state index in [0.717, 1.165) is 25.1 Å². The molecule has 2 unspecified atom stereocenters. The average molecular weight is 408 g/mol. The van der Waals surface area contributed by atoms with Crippen molar-refractivity contribution < 1.29 is 14.7 Å². The van der Waals surface area contributed by atoms with Crippen LogP contribution in [0.25, 0.3) is 0 Å². The zero-order valence-electron chi connectivity index (χ0n) is 17.6. The summed E-state index contributed by atoms with van der Waals surface area (Å²) in [5.41, 5.74) is 5.25. The Kier molecular flexibility index (Phi) is 5.77. The van der Waals surface area contributed by atoms with Crippen LogP contribution >= 0.6 is 0 Å². The zero-order valence-corrected chi connectivity index (χ0v) is 17.6. The van der Waals surface area contributed by atoms with Gasteiger partial charge in [0, 0.05) is 56.1 Å². The van der Waals surface area contributed by atoms with Gasteiger partial charge in [-0.05, 0) is 61.4 Å². The largest absolute Gasteiger partial charge is 0.391 e. The Labute approximate surface area is 177 Å². The van der Waals surface area contributed by atoms with E-state index in [1.165, 1.54) is 16.8 Å². The van der Waals surface area contributed by atoms with Crippen LogP contribution in [0.1, 0.15) is 27.9 Å². The molecular weight excluding hydrogens is 378 g/mol. The number of β-amino-alcohol motifs (C(OH)–C–C–N with tert-alkyl or cyclic N) is 1. The summed E-state index contributed by atoms with van der Waals surface area (Å²) in [4.78, 5) is 30.4. The number of rotatable bonds is 4. The number of aliphatic hydroxyl groups excluding tert-OH is 1. The van der Waals surface area contributed by atoms with E-state index in [1.807, 2.05) is 34.1 Å². The van der Waals surface area contributed by atoms with Gasteiger partial charge in [-0.2, -0.15) is 0 Å². The van der Waals surface area contributed by atoms with Gasteiger partial charge in [0.1, 0.15) is 6.29 Å². The third-order valence-electron chi connectivity index (χ3n) is 6.06. The number of anilines is 2. The van der Waals surface area contributed by atoms with Crippen LogP contribution in [-0.4, -0.2) is 67.1 Å². The standard InChI is InChI=1S/C24H29N3O3/c1-17-11-18(2)13-21(12-17)25-7-9-26(10-8-25)24(30)19-3-5-20(6-4-19)27-15-23(29)14-22(27)16-28/h3-6,11-13,16,22-23,29H,7-10,14-15H2,1-2H3. The molecule has 2 aromatic carbocycles. The average Bonchev–Trinajstić information content (AvgIpc) is 3.13. The van der Waals surface area contributed by atoms with Crippen molar-refractivity contribution in [2.24, 2.45) is 0 Å². The minimum atomic E-state index is -0.491. The highest BCUT2D eigenvalue weighted by atomic mass is 16.3. The molecule has 0 aromatic heterocycles. The Morgan fingerprint density at radius 1 is 0.967 bits per heavy atom. The molecule has 2 saturated heterocycles. The van der Waals surface area contributed by atoms with Gasteiger partial charge in [0.25, 0.3) is 5.91 Å². The van der Waals surface area contributed by atoms with Crippen molar-refractivity contribution in [2.45, 2.75) is 32.4 Å². The number of aryl methyl sites for hydroxylation is 2. The Morgan fingerprint density at radius 2 is 1.60 bits per heavy atom. The van der Waals surface area contributed by atoms with Crippen LogP contribution in [0.2, 0.25) is 0 Å². The molecule has 0 aliphatic carbocycles. The van der Waals surface area contributed by atoms with Gasteiger partial charge >= 0.3 is 0 Å². The predicted molar refractivity (Wildman–Crippen MR) is 118 cm³/mol. The highest BCUT2D eigenvalue weighted by molar-refractivity contribution is 5.94. The third kappa shape index (κ3) is 4.19. The lowest BCUT2D eigenvalue weighted by atomic mass is 10.1. The van der Waals surface area contributed by atoms with Crippen molar-refractivity contribution in [3.63, 3.8) is 0 Å². The van der Waals surface area contributed by atoms with Crippen LogP contribution in [0.15, 0.2) is 42.5 Å². The molecule has 158 valence electrons. The van der Waals surface area contributed by atoms with Crippen LogP contribution in [0.4, 0.5) is 11.4 Å². The van der Waals surface area contributed by atoms with Crippen LogP contribution in [0, 0.1) is 13.8 Å². The molecule has 4 rings (SSSR count). The second-order valence-corrected chi connectivity index (χ2v) is 8.42. The highest BCUT2D eigenvalue weighted by Crippen LogP contribution is 2.26. The first kappa shape index (κ1) is 20.4. The maximum atomic E-state index is 13.0. The molecule has 2 atom stereocenters.